The molecule has 0 bridgehead atoms. The molecule has 0 N–H and O–H groups in total. The first kappa shape index (κ1) is 17.2. The molecule has 0 aliphatic heterocycles. The molecule has 1 atom stereocenters. The van der Waals surface area contributed by atoms with Gasteiger partial charge in [0.2, 0.25) is 0 Å². The summed E-state index contributed by atoms with van der Waals surface area (Å²) < 4.78 is 0. The van der Waals surface area contributed by atoms with Crippen molar-refractivity contribution in [1.82, 2.24) is 0 Å². The molecule has 0 heterocycles. The molecule has 0 saturated heterocycles. The summed E-state index contributed by atoms with van der Waals surface area (Å²) in [5.41, 5.74) is 1.85. The third kappa shape index (κ3) is 3.29. The molecule has 0 aromatic heterocycles. The van der Waals surface area contributed by atoms with E-state index >= 15 is 0 Å². The number of carbonyl (C=O) groups excluding carboxylic acids is 1. The van der Waals surface area contributed by atoms with Crippen LogP contribution in [0.25, 0.3) is 0 Å². The first-order chi connectivity index (χ1) is 9.98. The summed E-state index contributed by atoms with van der Waals surface area (Å²) in [5.74, 6) is 0.880. The minimum atomic E-state index is -0.0995. The quantitative estimate of drug-likeness (QED) is 0.553. The van der Waals surface area contributed by atoms with E-state index in [1.165, 1.54) is 6.42 Å². The Balaban J connectivity index is 2.56. The van der Waals surface area contributed by atoms with E-state index in [-0.39, 0.29) is 22.0 Å². The molecule has 0 aromatic carbocycles. The summed E-state index contributed by atoms with van der Waals surface area (Å²) in [7, 11) is 0. The number of ketones is 1. The van der Waals surface area contributed by atoms with Crippen LogP contribution < -0.4 is 0 Å². The molecule has 1 heteroatoms. The predicted octanol–water partition coefficient (Wildman–Crippen LogP) is 5.88. The van der Waals surface area contributed by atoms with Crippen molar-refractivity contribution in [2.24, 2.45) is 22.2 Å². The van der Waals surface area contributed by atoms with Gasteiger partial charge in [0.1, 0.15) is 0 Å². The Morgan fingerprint density at radius 1 is 1.05 bits per heavy atom. The van der Waals surface area contributed by atoms with E-state index in [0.717, 1.165) is 24.0 Å². The molecule has 2 aliphatic carbocycles. The zero-order chi connectivity index (χ0) is 16.8. The minimum absolute atomic E-state index is 0.0363. The van der Waals surface area contributed by atoms with Crippen LogP contribution in [0.5, 0.6) is 0 Å². The predicted molar refractivity (Wildman–Crippen MR) is 94.7 cm³/mol. The zero-order valence-electron chi connectivity index (χ0n) is 15.4. The van der Waals surface area contributed by atoms with Crippen molar-refractivity contribution >= 4 is 5.78 Å². The number of rotatable bonds is 1. The van der Waals surface area contributed by atoms with Crippen LogP contribution in [0.15, 0.2) is 35.5 Å². The summed E-state index contributed by atoms with van der Waals surface area (Å²) in [5, 5.41) is 0. The van der Waals surface area contributed by atoms with Gasteiger partial charge < -0.3 is 0 Å². The Kier molecular flexibility index (Phi) is 4.32. The average Bonchev–Trinajstić information content (AvgIpc) is 2.39. The first-order valence-corrected chi connectivity index (χ1v) is 8.66. The fourth-order valence-electron chi connectivity index (χ4n) is 3.64. The van der Waals surface area contributed by atoms with E-state index in [4.69, 9.17) is 0 Å². The molecule has 2 aliphatic rings. The smallest absolute Gasteiger partial charge is 0.185 e. The van der Waals surface area contributed by atoms with E-state index in [0.29, 0.717) is 5.92 Å². The molecule has 0 radical (unpaired) electrons. The van der Waals surface area contributed by atoms with E-state index in [1.807, 2.05) is 0 Å². The van der Waals surface area contributed by atoms with E-state index in [1.54, 1.807) is 0 Å². The van der Waals surface area contributed by atoms with E-state index < -0.39 is 0 Å². The fraction of sp³-hybridized carbons (Fsp3) is 0.667. The highest BCUT2D eigenvalue weighted by Crippen LogP contribution is 2.49. The largest absolute Gasteiger partial charge is 0.289 e. The lowest BCUT2D eigenvalue weighted by atomic mass is 9.62. The summed E-state index contributed by atoms with van der Waals surface area (Å²) in [6.07, 6.45) is 12.6. The molecule has 22 heavy (non-hydrogen) atoms. The van der Waals surface area contributed by atoms with Crippen molar-refractivity contribution in [2.45, 2.75) is 67.7 Å². The molecule has 2 rings (SSSR count). The Bertz CT molecular complexity index is 509. The number of allylic oxidation sites excluding steroid dienone is 6. The maximum atomic E-state index is 13.0. The highest BCUT2D eigenvalue weighted by atomic mass is 16.1. The Labute approximate surface area is 136 Å². The van der Waals surface area contributed by atoms with Crippen LogP contribution >= 0.6 is 0 Å². The molecule has 122 valence electrons. The standard InChI is InChI=1S/C21H32O/c1-8-15-10-9-11-21(12-15)13-16(19(2,3)4)18(22)17(14-21)20(5,6)7/h9-10,13-15H,8,11-12H2,1-7H3. The summed E-state index contributed by atoms with van der Waals surface area (Å²) in [4.78, 5) is 13.0. The van der Waals surface area contributed by atoms with Crippen molar-refractivity contribution < 1.29 is 4.79 Å². The van der Waals surface area contributed by atoms with Gasteiger partial charge in [-0.1, -0.05) is 72.8 Å². The number of Topliss-reactive ketones (excluding diaryl/α,β-unsaturated/α-hetero) is 1. The topological polar surface area (TPSA) is 17.1 Å². The zero-order valence-corrected chi connectivity index (χ0v) is 15.4. The Hall–Kier alpha value is -1.11. The van der Waals surface area contributed by atoms with Gasteiger partial charge >= 0.3 is 0 Å². The second kappa shape index (κ2) is 5.51. The molecule has 0 aromatic rings. The van der Waals surface area contributed by atoms with Gasteiger partial charge in [-0.05, 0) is 36.0 Å². The Morgan fingerprint density at radius 2 is 1.55 bits per heavy atom. The lowest BCUT2D eigenvalue weighted by molar-refractivity contribution is -0.114. The van der Waals surface area contributed by atoms with Crippen molar-refractivity contribution in [2.75, 3.05) is 0 Å². The van der Waals surface area contributed by atoms with E-state index in [2.05, 4.69) is 72.8 Å². The SMILES string of the molecule is CCC1C=CCC2(C=C(C(C)(C)C)C(=O)C(C(C)(C)C)=C2)C1. The van der Waals surface area contributed by atoms with Crippen LogP contribution in [0.2, 0.25) is 0 Å². The molecule has 1 nitrogen and oxygen atoms in total. The molecule has 0 amide bonds. The maximum absolute atomic E-state index is 13.0. The molecule has 1 spiro atoms. The third-order valence-corrected chi connectivity index (χ3v) is 5.04. The molecular formula is C21H32O. The van der Waals surface area contributed by atoms with Crippen molar-refractivity contribution in [3.63, 3.8) is 0 Å². The second-order valence-electron chi connectivity index (χ2n) is 9.18. The van der Waals surface area contributed by atoms with Gasteiger partial charge in [0.25, 0.3) is 0 Å². The van der Waals surface area contributed by atoms with Crippen LogP contribution in [-0.2, 0) is 4.79 Å². The monoisotopic (exact) mass is 300 g/mol. The van der Waals surface area contributed by atoms with Crippen molar-refractivity contribution in [1.29, 1.82) is 0 Å². The lowest BCUT2D eigenvalue weighted by Crippen LogP contribution is -2.35. The van der Waals surface area contributed by atoms with E-state index in [9.17, 15) is 4.79 Å². The molecule has 0 fully saturated rings. The van der Waals surface area contributed by atoms with Crippen LogP contribution in [0, 0.1) is 22.2 Å². The van der Waals surface area contributed by atoms with Crippen molar-refractivity contribution in [3.8, 4) is 0 Å². The lowest BCUT2D eigenvalue weighted by Gasteiger charge is -2.41. The second-order valence-corrected chi connectivity index (χ2v) is 9.18. The number of carbonyl (C=O) groups is 1. The van der Waals surface area contributed by atoms with Gasteiger partial charge in [0, 0.05) is 16.6 Å². The van der Waals surface area contributed by atoms with Crippen LogP contribution in [0.4, 0.5) is 0 Å². The first-order valence-electron chi connectivity index (χ1n) is 8.66. The van der Waals surface area contributed by atoms with Gasteiger partial charge in [-0.2, -0.15) is 0 Å². The minimum Gasteiger partial charge on any atom is -0.289 e. The third-order valence-electron chi connectivity index (χ3n) is 5.04. The molecule has 1 unspecified atom stereocenters. The normalized spacial score (nSPS) is 25.2. The van der Waals surface area contributed by atoms with Gasteiger partial charge in [-0.3, -0.25) is 4.79 Å². The van der Waals surface area contributed by atoms with Gasteiger partial charge in [0.15, 0.2) is 5.78 Å². The summed E-state index contributed by atoms with van der Waals surface area (Å²) >= 11 is 0. The average molecular weight is 300 g/mol. The highest BCUT2D eigenvalue weighted by molar-refractivity contribution is 6.11. The van der Waals surface area contributed by atoms with Crippen LogP contribution in [-0.4, -0.2) is 5.78 Å². The number of hydrogen-bond donors (Lipinski definition) is 0. The fourth-order valence-corrected chi connectivity index (χ4v) is 3.64. The Morgan fingerprint density at radius 3 is 1.95 bits per heavy atom. The number of hydrogen-bond acceptors (Lipinski definition) is 1. The maximum Gasteiger partial charge on any atom is 0.185 e. The van der Waals surface area contributed by atoms with Gasteiger partial charge in [-0.15, -0.1) is 0 Å². The van der Waals surface area contributed by atoms with Crippen LogP contribution in [0.1, 0.15) is 67.7 Å². The van der Waals surface area contributed by atoms with Gasteiger partial charge in [-0.25, -0.2) is 0 Å². The molecule has 0 saturated carbocycles. The highest BCUT2D eigenvalue weighted by Gasteiger charge is 2.41. The molecular weight excluding hydrogens is 268 g/mol. The van der Waals surface area contributed by atoms with Gasteiger partial charge in [0.05, 0.1) is 0 Å². The summed E-state index contributed by atoms with van der Waals surface area (Å²) in [6, 6.07) is 0. The summed E-state index contributed by atoms with van der Waals surface area (Å²) in [6.45, 7) is 15.2. The van der Waals surface area contributed by atoms with Crippen molar-refractivity contribution in [3.05, 3.63) is 35.5 Å². The van der Waals surface area contributed by atoms with Crippen LogP contribution in [0.3, 0.4) is 0 Å².